The fourth-order valence-electron chi connectivity index (χ4n) is 4.79. The van der Waals surface area contributed by atoms with E-state index in [0.717, 1.165) is 50.0 Å². The highest BCUT2D eigenvalue weighted by Gasteiger charge is 2.31. The lowest BCUT2D eigenvalue weighted by Gasteiger charge is -2.36. The molecule has 0 unspecified atom stereocenters. The van der Waals surface area contributed by atoms with Gasteiger partial charge in [-0.25, -0.2) is 4.79 Å². The van der Waals surface area contributed by atoms with Crippen LogP contribution in [0.2, 0.25) is 0 Å². The first kappa shape index (κ1) is 20.0. The third-order valence-electron chi connectivity index (χ3n) is 6.52. The van der Waals surface area contributed by atoms with E-state index in [9.17, 15) is 9.59 Å². The average molecular weight is 400 g/mol. The highest BCUT2D eigenvalue weighted by molar-refractivity contribution is 5.78. The summed E-state index contributed by atoms with van der Waals surface area (Å²) in [6.07, 6.45) is 9.94. The van der Waals surface area contributed by atoms with Gasteiger partial charge < -0.3 is 19.9 Å². The van der Waals surface area contributed by atoms with E-state index in [1.165, 1.54) is 19.3 Å². The second kappa shape index (κ2) is 9.51. The van der Waals surface area contributed by atoms with Gasteiger partial charge in [0.05, 0.1) is 6.10 Å². The molecule has 0 radical (unpaired) electrons. The zero-order chi connectivity index (χ0) is 20.1. The molecule has 1 aliphatic carbocycles. The number of carbonyl (C=O) groups excluding carboxylic acids is 2. The van der Waals surface area contributed by atoms with E-state index in [-0.39, 0.29) is 11.9 Å². The molecule has 6 nitrogen and oxygen atoms in total. The van der Waals surface area contributed by atoms with Crippen LogP contribution in [0.3, 0.4) is 0 Å². The molecule has 1 saturated carbocycles. The molecule has 3 aliphatic rings. The molecule has 3 fully saturated rings. The number of hydrogen-bond acceptors (Lipinski definition) is 3. The van der Waals surface area contributed by atoms with Gasteiger partial charge in [-0.05, 0) is 62.6 Å². The first-order chi connectivity index (χ1) is 14.2. The minimum Gasteiger partial charge on any atom is -0.490 e. The van der Waals surface area contributed by atoms with Gasteiger partial charge in [-0.1, -0.05) is 18.6 Å². The molecule has 1 aromatic carbocycles. The number of benzene rings is 1. The van der Waals surface area contributed by atoms with Gasteiger partial charge in [0, 0.05) is 38.6 Å². The first-order valence-electron chi connectivity index (χ1n) is 11.3. The van der Waals surface area contributed by atoms with Crippen molar-refractivity contribution in [3.8, 4) is 5.75 Å². The highest BCUT2D eigenvalue weighted by Crippen LogP contribution is 2.24. The molecule has 158 valence electrons. The van der Waals surface area contributed by atoms with Crippen LogP contribution in [0.15, 0.2) is 24.3 Å². The Kier molecular flexibility index (Phi) is 6.57. The van der Waals surface area contributed by atoms with E-state index >= 15 is 0 Å². The van der Waals surface area contributed by atoms with Crippen molar-refractivity contribution < 1.29 is 14.3 Å². The molecular formula is C23H33N3O3. The van der Waals surface area contributed by atoms with Crippen LogP contribution in [0, 0.1) is 0 Å². The predicted molar refractivity (Wildman–Crippen MR) is 112 cm³/mol. The Labute approximate surface area is 173 Å². The van der Waals surface area contributed by atoms with Gasteiger partial charge in [-0.15, -0.1) is 0 Å². The Morgan fingerprint density at radius 1 is 0.966 bits per heavy atom. The summed E-state index contributed by atoms with van der Waals surface area (Å²) in [5, 5.41) is 3.03. The Bertz CT molecular complexity index is 692. The average Bonchev–Trinajstić information content (AvgIpc) is 3.20. The number of likely N-dealkylation sites (tertiary alicyclic amines) is 2. The molecule has 0 atom stereocenters. The molecule has 2 saturated heterocycles. The lowest BCUT2D eigenvalue weighted by molar-refractivity contribution is -0.130. The van der Waals surface area contributed by atoms with E-state index in [0.29, 0.717) is 38.2 Å². The van der Waals surface area contributed by atoms with Gasteiger partial charge in [0.25, 0.3) is 0 Å². The number of amides is 3. The number of nitrogens with zero attached hydrogens (tertiary/aromatic N) is 2. The zero-order valence-electron chi connectivity index (χ0n) is 17.3. The Hall–Kier alpha value is -2.24. The standard InChI is InChI=1S/C23H33N3O3/c27-22-7-4-14-26(22)19-12-15-25(16-13-19)23(28)24-17-18-8-10-21(11-9-18)29-20-5-2-1-3-6-20/h8-11,19-20H,1-7,12-17H2,(H,24,28). The number of urea groups is 1. The van der Waals surface area contributed by atoms with Crippen molar-refractivity contribution >= 4 is 11.9 Å². The van der Waals surface area contributed by atoms with Gasteiger partial charge in [0.1, 0.15) is 5.75 Å². The van der Waals surface area contributed by atoms with E-state index in [4.69, 9.17) is 4.74 Å². The lowest BCUT2D eigenvalue weighted by atomic mass is 9.98. The molecule has 0 spiro atoms. The minimum absolute atomic E-state index is 0.0151. The van der Waals surface area contributed by atoms with Gasteiger partial charge in [-0.3, -0.25) is 4.79 Å². The molecule has 4 rings (SSSR count). The van der Waals surface area contributed by atoms with Crippen LogP contribution in [0.25, 0.3) is 0 Å². The second-order valence-corrected chi connectivity index (χ2v) is 8.59. The van der Waals surface area contributed by atoms with Crippen molar-refractivity contribution in [2.45, 2.75) is 76.5 Å². The molecule has 1 aromatic rings. The minimum atomic E-state index is -0.0151. The van der Waals surface area contributed by atoms with E-state index in [1.54, 1.807) is 0 Å². The van der Waals surface area contributed by atoms with Gasteiger partial charge >= 0.3 is 6.03 Å². The topological polar surface area (TPSA) is 61.9 Å². The summed E-state index contributed by atoms with van der Waals surface area (Å²) in [4.78, 5) is 28.3. The normalized spacial score (nSPS) is 21.4. The van der Waals surface area contributed by atoms with Crippen LogP contribution < -0.4 is 10.1 Å². The summed E-state index contributed by atoms with van der Waals surface area (Å²) >= 11 is 0. The van der Waals surface area contributed by atoms with Crippen LogP contribution in [0.1, 0.15) is 63.4 Å². The van der Waals surface area contributed by atoms with E-state index in [1.807, 2.05) is 34.1 Å². The summed E-state index contributed by atoms with van der Waals surface area (Å²) in [5.41, 5.74) is 1.08. The number of nitrogens with one attached hydrogen (secondary N) is 1. The van der Waals surface area contributed by atoms with Crippen molar-refractivity contribution in [1.29, 1.82) is 0 Å². The van der Waals surface area contributed by atoms with Gasteiger partial charge in [0.15, 0.2) is 0 Å². The largest absolute Gasteiger partial charge is 0.490 e. The molecule has 0 bridgehead atoms. The molecule has 6 heteroatoms. The van der Waals surface area contributed by atoms with Crippen LogP contribution >= 0.6 is 0 Å². The number of carbonyl (C=O) groups is 2. The van der Waals surface area contributed by atoms with Crippen molar-refractivity contribution in [2.75, 3.05) is 19.6 Å². The third kappa shape index (κ3) is 5.22. The number of hydrogen-bond donors (Lipinski definition) is 1. The summed E-state index contributed by atoms with van der Waals surface area (Å²) < 4.78 is 6.07. The summed E-state index contributed by atoms with van der Waals surface area (Å²) in [6, 6.07) is 8.38. The molecule has 3 amide bonds. The molecule has 1 N–H and O–H groups in total. The maximum atomic E-state index is 12.5. The van der Waals surface area contributed by atoms with E-state index in [2.05, 4.69) is 5.32 Å². The fraction of sp³-hybridized carbons (Fsp3) is 0.652. The Morgan fingerprint density at radius 3 is 2.34 bits per heavy atom. The maximum absolute atomic E-state index is 12.5. The summed E-state index contributed by atoms with van der Waals surface area (Å²) in [5.74, 6) is 1.20. The van der Waals surface area contributed by atoms with Crippen LogP contribution in [-0.4, -0.2) is 53.5 Å². The molecule has 0 aromatic heterocycles. The SMILES string of the molecule is O=C(NCc1ccc(OC2CCCCC2)cc1)N1CCC(N2CCCC2=O)CC1. The Balaban J connectivity index is 1.19. The van der Waals surface area contributed by atoms with Crippen LogP contribution in [0.4, 0.5) is 4.79 Å². The van der Waals surface area contributed by atoms with Crippen molar-refractivity contribution in [3.05, 3.63) is 29.8 Å². The molecule has 29 heavy (non-hydrogen) atoms. The molecule has 2 aliphatic heterocycles. The van der Waals surface area contributed by atoms with Crippen molar-refractivity contribution in [3.63, 3.8) is 0 Å². The van der Waals surface area contributed by atoms with E-state index < -0.39 is 0 Å². The number of rotatable bonds is 5. The maximum Gasteiger partial charge on any atom is 0.317 e. The van der Waals surface area contributed by atoms with Crippen LogP contribution in [-0.2, 0) is 11.3 Å². The second-order valence-electron chi connectivity index (χ2n) is 8.59. The highest BCUT2D eigenvalue weighted by atomic mass is 16.5. The fourth-order valence-corrected chi connectivity index (χ4v) is 4.79. The molecular weight excluding hydrogens is 366 g/mol. The first-order valence-corrected chi connectivity index (χ1v) is 11.3. The lowest BCUT2D eigenvalue weighted by Crippen LogP contribution is -2.49. The quantitative estimate of drug-likeness (QED) is 0.821. The zero-order valence-corrected chi connectivity index (χ0v) is 17.3. The monoisotopic (exact) mass is 399 g/mol. The third-order valence-corrected chi connectivity index (χ3v) is 6.52. The number of piperidine rings is 1. The smallest absolute Gasteiger partial charge is 0.317 e. The number of ether oxygens (including phenoxy) is 1. The Morgan fingerprint density at radius 2 is 1.69 bits per heavy atom. The van der Waals surface area contributed by atoms with Crippen LogP contribution in [0.5, 0.6) is 5.75 Å². The van der Waals surface area contributed by atoms with Gasteiger partial charge in [0.2, 0.25) is 5.91 Å². The molecule has 2 heterocycles. The van der Waals surface area contributed by atoms with Gasteiger partial charge in [-0.2, -0.15) is 0 Å². The van der Waals surface area contributed by atoms with Crippen molar-refractivity contribution in [1.82, 2.24) is 15.1 Å². The summed E-state index contributed by atoms with van der Waals surface area (Å²) in [6.45, 7) is 2.84. The predicted octanol–water partition coefficient (Wildman–Crippen LogP) is 3.69. The van der Waals surface area contributed by atoms with Crippen molar-refractivity contribution in [2.24, 2.45) is 0 Å². The summed E-state index contributed by atoms with van der Waals surface area (Å²) in [7, 11) is 0.